The van der Waals surface area contributed by atoms with Crippen LogP contribution in [0.15, 0.2) is 29.2 Å². The number of sulfonamides is 1. The number of benzene rings is 1. The van der Waals surface area contributed by atoms with Crippen LogP contribution in [0.2, 0.25) is 0 Å². The molecule has 1 N–H and O–H groups in total. The number of ether oxygens (including phenoxy) is 1. The molecule has 0 unspecified atom stereocenters. The lowest BCUT2D eigenvalue weighted by Crippen LogP contribution is -2.32. The zero-order valence-electron chi connectivity index (χ0n) is 14.0. The fraction of sp³-hybridized carbons (Fsp3) is 0.562. The van der Waals surface area contributed by atoms with Crippen molar-refractivity contribution in [3.63, 3.8) is 0 Å². The van der Waals surface area contributed by atoms with Crippen molar-refractivity contribution >= 4 is 21.6 Å². The number of hydrogen-bond acceptors (Lipinski definition) is 4. The molecule has 0 saturated heterocycles. The van der Waals surface area contributed by atoms with Crippen LogP contribution in [0, 0.1) is 0 Å². The summed E-state index contributed by atoms with van der Waals surface area (Å²) in [6, 6.07) is 6.22. The first-order chi connectivity index (χ1) is 11.0. The molecular formula is C16H26N2O4S. The van der Waals surface area contributed by atoms with Crippen molar-refractivity contribution in [2.75, 3.05) is 31.6 Å². The monoisotopic (exact) mass is 342 g/mol. The minimum absolute atomic E-state index is 0.0165. The Labute approximate surface area is 138 Å². The van der Waals surface area contributed by atoms with Crippen LogP contribution in [0.25, 0.3) is 0 Å². The van der Waals surface area contributed by atoms with E-state index in [1.807, 2.05) is 20.8 Å². The van der Waals surface area contributed by atoms with Crippen molar-refractivity contribution in [2.24, 2.45) is 0 Å². The molecule has 0 radical (unpaired) electrons. The van der Waals surface area contributed by atoms with Gasteiger partial charge in [-0.25, -0.2) is 8.42 Å². The highest BCUT2D eigenvalue weighted by atomic mass is 32.2. The van der Waals surface area contributed by atoms with Crippen LogP contribution in [0.5, 0.6) is 0 Å². The lowest BCUT2D eigenvalue weighted by Gasteiger charge is -2.21. The lowest BCUT2D eigenvalue weighted by molar-refractivity contribution is -0.120. The van der Waals surface area contributed by atoms with E-state index in [1.54, 1.807) is 12.1 Å². The van der Waals surface area contributed by atoms with E-state index >= 15 is 0 Å². The largest absolute Gasteiger partial charge is 0.372 e. The second kappa shape index (κ2) is 9.64. The van der Waals surface area contributed by atoms with Gasteiger partial charge in [0, 0.05) is 25.4 Å². The van der Waals surface area contributed by atoms with Gasteiger partial charge in [-0.05, 0) is 44.0 Å². The summed E-state index contributed by atoms with van der Waals surface area (Å²) < 4.78 is 31.7. The Hall–Kier alpha value is -1.44. The number of hydrogen-bond donors (Lipinski definition) is 1. The molecule has 0 aromatic heterocycles. The maximum absolute atomic E-state index is 12.6. The van der Waals surface area contributed by atoms with E-state index < -0.39 is 10.0 Å². The topological polar surface area (TPSA) is 75.7 Å². The number of nitrogens with one attached hydrogen (secondary N) is 1. The van der Waals surface area contributed by atoms with Gasteiger partial charge in [0.15, 0.2) is 0 Å². The molecule has 0 aliphatic rings. The molecule has 1 amide bonds. The van der Waals surface area contributed by atoms with Gasteiger partial charge in [-0.2, -0.15) is 4.31 Å². The first-order valence-electron chi connectivity index (χ1n) is 7.93. The number of carbonyl (C=O) groups is 1. The Kier molecular flexibility index (Phi) is 8.22. The summed E-state index contributed by atoms with van der Waals surface area (Å²) in [6.45, 7) is 7.17. The van der Waals surface area contributed by atoms with Gasteiger partial charge < -0.3 is 10.1 Å². The summed E-state index contributed by atoms with van der Waals surface area (Å²) in [7, 11) is -3.49. The number of carbonyl (C=O) groups excluding carboxylic acids is 1. The third-order valence-corrected chi connectivity index (χ3v) is 5.07. The summed E-state index contributed by atoms with van der Waals surface area (Å²) in [6.07, 6.45) is 1.54. The zero-order chi connectivity index (χ0) is 17.3. The predicted octanol–water partition coefficient (Wildman–Crippen LogP) is 2.47. The van der Waals surface area contributed by atoms with Crippen molar-refractivity contribution in [3.8, 4) is 0 Å². The van der Waals surface area contributed by atoms with E-state index in [0.717, 1.165) is 12.8 Å². The summed E-state index contributed by atoms with van der Waals surface area (Å²) in [5.74, 6) is -0.263. The molecule has 0 atom stereocenters. The van der Waals surface area contributed by atoms with E-state index in [0.29, 0.717) is 25.4 Å². The molecule has 0 aliphatic carbocycles. The molecule has 0 fully saturated rings. The predicted molar refractivity (Wildman–Crippen MR) is 90.9 cm³/mol. The SMILES string of the molecule is CCCN(CCC)S(=O)(=O)c1ccc(NC(=O)COCC)cc1. The molecule has 6 nitrogen and oxygen atoms in total. The standard InChI is InChI=1S/C16H26N2O4S/c1-4-11-18(12-5-2)23(20,21)15-9-7-14(8-10-15)17-16(19)13-22-6-3/h7-10H,4-6,11-13H2,1-3H3,(H,17,19). The van der Waals surface area contributed by atoms with Crippen LogP contribution in [0.4, 0.5) is 5.69 Å². The fourth-order valence-corrected chi connectivity index (χ4v) is 3.73. The first-order valence-corrected chi connectivity index (χ1v) is 9.37. The Balaban J connectivity index is 2.83. The lowest BCUT2D eigenvalue weighted by atomic mass is 10.3. The van der Waals surface area contributed by atoms with E-state index in [-0.39, 0.29) is 17.4 Å². The molecule has 1 aromatic rings. The molecule has 0 bridgehead atoms. The molecule has 7 heteroatoms. The minimum Gasteiger partial charge on any atom is -0.372 e. The van der Waals surface area contributed by atoms with Gasteiger partial charge in [0.2, 0.25) is 15.9 Å². The highest BCUT2D eigenvalue weighted by Gasteiger charge is 2.22. The van der Waals surface area contributed by atoms with E-state index in [4.69, 9.17) is 4.74 Å². The third kappa shape index (κ3) is 5.93. The summed E-state index contributed by atoms with van der Waals surface area (Å²) >= 11 is 0. The molecule has 0 spiro atoms. The van der Waals surface area contributed by atoms with Crippen molar-refractivity contribution in [1.29, 1.82) is 0 Å². The maximum Gasteiger partial charge on any atom is 0.250 e. The van der Waals surface area contributed by atoms with Crippen LogP contribution >= 0.6 is 0 Å². The van der Waals surface area contributed by atoms with Gasteiger partial charge in [-0.3, -0.25) is 4.79 Å². The van der Waals surface area contributed by atoms with Crippen LogP contribution < -0.4 is 5.32 Å². The maximum atomic E-state index is 12.6. The number of nitrogens with zero attached hydrogens (tertiary/aromatic N) is 1. The summed E-state index contributed by atoms with van der Waals surface area (Å²) in [5.41, 5.74) is 0.547. The highest BCUT2D eigenvalue weighted by Crippen LogP contribution is 2.19. The zero-order valence-corrected chi connectivity index (χ0v) is 14.9. The molecule has 1 aromatic carbocycles. The summed E-state index contributed by atoms with van der Waals surface area (Å²) in [5, 5.41) is 2.66. The highest BCUT2D eigenvalue weighted by molar-refractivity contribution is 7.89. The molecule has 130 valence electrons. The first kappa shape index (κ1) is 19.6. The van der Waals surface area contributed by atoms with Crippen molar-refractivity contribution in [1.82, 2.24) is 4.31 Å². The smallest absolute Gasteiger partial charge is 0.250 e. The van der Waals surface area contributed by atoms with Gasteiger partial charge in [-0.15, -0.1) is 0 Å². The molecule has 0 heterocycles. The normalized spacial score (nSPS) is 11.7. The Morgan fingerprint density at radius 3 is 2.13 bits per heavy atom. The number of rotatable bonds is 10. The second-order valence-electron chi connectivity index (χ2n) is 5.11. The third-order valence-electron chi connectivity index (χ3n) is 3.16. The van der Waals surface area contributed by atoms with Gasteiger partial charge in [0.05, 0.1) is 4.90 Å². The second-order valence-corrected chi connectivity index (χ2v) is 7.05. The number of anilines is 1. The average molecular weight is 342 g/mol. The van der Waals surface area contributed by atoms with E-state index in [9.17, 15) is 13.2 Å². The van der Waals surface area contributed by atoms with Crippen molar-refractivity contribution in [2.45, 2.75) is 38.5 Å². The van der Waals surface area contributed by atoms with Crippen LogP contribution in [-0.2, 0) is 19.6 Å². The molecule has 0 saturated carbocycles. The van der Waals surface area contributed by atoms with Crippen molar-refractivity contribution in [3.05, 3.63) is 24.3 Å². The number of amides is 1. The van der Waals surface area contributed by atoms with Gasteiger partial charge >= 0.3 is 0 Å². The van der Waals surface area contributed by atoms with Gasteiger partial charge in [0.25, 0.3) is 0 Å². The molecular weight excluding hydrogens is 316 g/mol. The Morgan fingerprint density at radius 1 is 1.09 bits per heavy atom. The van der Waals surface area contributed by atoms with Gasteiger partial charge in [0.1, 0.15) is 6.61 Å². The van der Waals surface area contributed by atoms with Crippen LogP contribution in [0.3, 0.4) is 0 Å². The van der Waals surface area contributed by atoms with E-state index in [2.05, 4.69) is 5.32 Å². The minimum atomic E-state index is -3.49. The summed E-state index contributed by atoms with van der Waals surface area (Å²) in [4.78, 5) is 11.8. The van der Waals surface area contributed by atoms with Crippen LogP contribution in [0.1, 0.15) is 33.6 Å². The fourth-order valence-electron chi connectivity index (χ4n) is 2.10. The van der Waals surface area contributed by atoms with Crippen molar-refractivity contribution < 1.29 is 17.9 Å². The Bertz CT molecular complexity index is 579. The van der Waals surface area contributed by atoms with Crippen LogP contribution in [-0.4, -0.2) is 44.9 Å². The Morgan fingerprint density at radius 2 is 1.65 bits per heavy atom. The molecule has 23 heavy (non-hydrogen) atoms. The molecule has 1 rings (SSSR count). The quantitative estimate of drug-likeness (QED) is 0.709. The molecule has 0 aliphatic heterocycles. The van der Waals surface area contributed by atoms with Gasteiger partial charge in [-0.1, -0.05) is 13.8 Å². The van der Waals surface area contributed by atoms with E-state index in [1.165, 1.54) is 16.4 Å². The average Bonchev–Trinajstić information content (AvgIpc) is 2.53.